The first-order valence-electron chi connectivity index (χ1n) is 8.06. The number of aromatic nitrogens is 1. The van der Waals surface area contributed by atoms with Gasteiger partial charge in [0.25, 0.3) is 0 Å². The van der Waals surface area contributed by atoms with E-state index in [1.54, 1.807) is 18.3 Å². The van der Waals surface area contributed by atoms with Gasteiger partial charge in [-0.25, -0.2) is 13.1 Å². The number of pyridine rings is 1. The molecule has 136 valence electrons. The van der Waals surface area contributed by atoms with Gasteiger partial charge in [-0.15, -0.1) is 11.3 Å². The zero-order valence-electron chi connectivity index (χ0n) is 14.5. The molecule has 0 unspecified atom stereocenters. The molecule has 0 spiro atoms. The maximum absolute atomic E-state index is 12.3. The number of rotatable bonds is 6. The summed E-state index contributed by atoms with van der Waals surface area (Å²) in [6, 6.07) is 12.7. The van der Waals surface area contributed by atoms with Crippen LogP contribution in [0.2, 0.25) is 0 Å². The van der Waals surface area contributed by atoms with E-state index in [1.165, 1.54) is 23.2 Å². The van der Waals surface area contributed by atoms with Crippen molar-refractivity contribution in [1.29, 1.82) is 0 Å². The number of sulfonamides is 1. The first kappa shape index (κ1) is 18.5. The van der Waals surface area contributed by atoms with Crippen molar-refractivity contribution in [2.24, 2.45) is 0 Å². The van der Waals surface area contributed by atoms with Crippen molar-refractivity contribution in [3.63, 3.8) is 0 Å². The molecule has 8 heteroatoms. The molecule has 3 rings (SSSR count). The molecule has 0 atom stereocenters. The van der Waals surface area contributed by atoms with Crippen molar-refractivity contribution in [2.75, 3.05) is 18.0 Å². The van der Waals surface area contributed by atoms with E-state index in [-0.39, 0.29) is 23.2 Å². The number of anilines is 1. The number of carbonyl (C=O) groups excluding carboxylic acids is 1. The molecule has 3 aromatic rings. The van der Waals surface area contributed by atoms with Crippen LogP contribution in [0.4, 0.5) is 5.69 Å². The normalized spacial score (nSPS) is 11.6. The van der Waals surface area contributed by atoms with Crippen LogP contribution in [0.25, 0.3) is 10.9 Å². The summed E-state index contributed by atoms with van der Waals surface area (Å²) in [5.41, 5.74) is 1.38. The minimum Gasteiger partial charge on any atom is -0.309 e. The molecule has 0 aliphatic carbocycles. The minimum atomic E-state index is -3.57. The molecule has 6 nitrogen and oxygen atoms in total. The van der Waals surface area contributed by atoms with Crippen LogP contribution in [-0.2, 0) is 14.8 Å². The summed E-state index contributed by atoms with van der Waals surface area (Å²) in [6.45, 7) is 3.64. The summed E-state index contributed by atoms with van der Waals surface area (Å²) < 4.78 is 27.5. The third-order valence-electron chi connectivity index (χ3n) is 3.89. The number of aryl methyl sites for hydroxylation is 1. The maximum atomic E-state index is 12.3. The molecule has 2 heterocycles. The molecule has 0 aliphatic rings. The Labute approximate surface area is 156 Å². The lowest BCUT2D eigenvalue weighted by atomic mass is 10.1. The number of fused-ring (bicyclic) bond motifs is 1. The molecule has 0 fully saturated rings. The standard InChI is InChI=1S/C18H19N3O3S2/c1-13-8-9-17(25-13)26(23,24)20-11-12-21(14(2)22)16-7-3-5-15-6-4-10-19-18(15)16/h3-10,20H,11-12H2,1-2H3. The molecule has 1 aromatic carbocycles. The van der Waals surface area contributed by atoms with Crippen molar-refractivity contribution in [2.45, 2.75) is 18.1 Å². The van der Waals surface area contributed by atoms with Gasteiger partial charge < -0.3 is 4.90 Å². The molecule has 0 radical (unpaired) electrons. The van der Waals surface area contributed by atoms with E-state index >= 15 is 0 Å². The van der Waals surface area contributed by atoms with Crippen molar-refractivity contribution >= 4 is 43.9 Å². The average molecular weight is 390 g/mol. The van der Waals surface area contributed by atoms with Gasteiger partial charge in [0.05, 0.1) is 11.2 Å². The Morgan fingerprint density at radius 1 is 1.19 bits per heavy atom. The van der Waals surface area contributed by atoms with Crippen LogP contribution >= 0.6 is 11.3 Å². The zero-order valence-corrected chi connectivity index (χ0v) is 16.1. The van der Waals surface area contributed by atoms with Gasteiger partial charge in [0.2, 0.25) is 15.9 Å². The molecule has 26 heavy (non-hydrogen) atoms. The molecule has 1 N–H and O–H groups in total. The van der Waals surface area contributed by atoms with Crippen LogP contribution in [0, 0.1) is 6.92 Å². The summed E-state index contributed by atoms with van der Waals surface area (Å²) in [4.78, 5) is 19.0. The van der Waals surface area contributed by atoms with E-state index < -0.39 is 10.0 Å². The Morgan fingerprint density at radius 3 is 2.65 bits per heavy atom. The molecule has 2 aromatic heterocycles. The highest BCUT2D eigenvalue weighted by atomic mass is 32.2. The summed E-state index contributed by atoms with van der Waals surface area (Å²) in [5, 5.41) is 0.922. The molecular weight excluding hydrogens is 370 g/mol. The lowest BCUT2D eigenvalue weighted by Gasteiger charge is -2.22. The van der Waals surface area contributed by atoms with Crippen LogP contribution in [0.5, 0.6) is 0 Å². The molecule has 0 aliphatic heterocycles. The van der Waals surface area contributed by atoms with E-state index in [4.69, 9.17) is 0 Å². The molecule has 0 bridgehead atoms. The second kappa shape index (κ2) is 7.53. The van der Waals surface area contributed by atoms with Gasteiger partial charge in [0.15, 0.2) is 0 Å². The second-order valence-electron chi connectivity index (χ2n) is 5.79. The minimum absolute atomic E-state index is 0.113. The average Bonchev–Trinajstić information content (AvgIpc) is 3.05. The first-order chi connectivity index (χ1) is 12.4. The fraction of sp³-hybridized carbons (Fsp3) is 0.222. The number of nitrogens with one attached hydrogen (secondary N) is 1. The summed E-state index contributed by atoms with van der Waals surface area (Å²) in [7, 11) is -3.57. The van der Waals surface area contributed by atoms with Crippen LogP contribution in [0.15, 0.2) is 52.9 Å². The van der Waals surface area contributed by atoms with Crippen LogP contribution in [-0.4, -0.2) is 32.4 Å². The monoisotopic (exact) mass is 389 g/mol. The molecule has 0 saturated heterocycles. The number of benzene rings is 1. The zero-order chi connectivity index (χ0) is 18.7. The number of thiophene rings is 1. The fourth-order valence-corrected chi connectivity index (χ4v) is 5.02. The Bertz CT molecular complexity index is 1040. The van der Waals surface area contributed by atoms with Crippen LogP contribution in [0.1, 0.15) is 11.8 Å². The third kappa shape index (κ3) is 3.92. The lowest BCUT2D eigenvalue weighted by molar-refractivity contribution is -0.116. The largest absolute Gasteiger partial charge is 0.309 e. The third-order valence-corrected chi connectivity index (χ3v) is 6.84. The van der Waals surface area contributed by atoms with Crippen LogP contribution < -0.4 is 9.62 Å². The topological polar surface area (TPSA) is 79.4 Å². The highest BCUT2D eigenvalue weighted by Gasteiger charge is 2.19. The Hall–Kier alpha value is -2.29. The van der Waals surface area contributed by atoms with E-state index in [1.807, 2.05) is 37.3 Å². The lowest BCUT2D eigenvalue weighted by Crippen LogP contribution is -2.37. The molecule has 1 amide bonds. The SMILES string of the molecule is CC(=O)N(CCNS(=O)(=O)c1ccc(C)s1)c1cccc2cccnc12. The Kier molecular flexibility index (Phi) is 5.36. The summed E-state index contributed by atoms with van der Waals surface area (Å²) >= 11 is 1.22. The van der Waals surface area contributed by atoms with Gasteiger partial charge in [0.1, 0.15) is 4.21 Å². The van der Waals surface area contributed by atoms with Gasteiger partial charge in [-0.1, -0.05) is 18.2 Å². The summed E-state index contributed by atoms with van der Waals surface area (Å²) in [5.74, 6) is -0.172. The van der Waals surface area contributed by atoms with E-state index in [0.717, 1.165) is 10.3 Å². The maximum Gasteiger partial charge on any atom is 0.250 e. The number of amides is 1. The number of hydrogen-bond acceptors (Lipinski definition) is 5. The number of hydrogen-bond donors (Lipinski definition) is 1. The van der Waals surface area contributed by atoms with Crippen molar-refractivity contribution in [1.82, 2.24) is 9.71 Å². The number of nitrogens with zero attached hydrogens (tertiary/aromatic N) is 2. The number of carbonyl (C=O) groups is 1. The van der Waals surface area contributed by atoms with Crippen molar-refractivity contribution in [3.05, 3.63) is 53.5 Å². The van der Waals surface area contributed by atoms with Gasteiger partial charge in [-0.3, -0.25) is 9.78 Å². The van der Waals surface area contributed by atoms with Gasteiger partial charge in [-0.05, 0) is 31.2 Å². The van der Waals surface area contributed by atoms with Gasteiger partial charge >= 0.3 is 0 Å². The highest BCUT2D eigenvalue weighted by molar-refractivity contribution is 7.91. The van der Waals surface area contributed by atoms with E-state index in [2.05, 4.69) is 9.71 Å². The Morgan fingerprint density at radius 2 is 1.96 bits per heavy atom. The quantitative estimate of drug-likeness (QED) is 0.703. The van der Waals surface area contributed by atoms with Crippen molar-refractivity contribution in [3.8, 4) is 0 Å². The predicted octanol–water partition coefficient (Wildman–Crippen LogP) is 2.94. The summed E-state index contributed by atoms with van der Waals surface area (Å²) in [6.07, 6.45) is 1.67. The predicted molar refractivity (Wildman–Crippen MR) is 104 cm³/mol. The molecular formula is C18H19N3O3S2. The fourth-order valence-electron chi connectivity index (χ4n) is 2.67. The van der Waals surface area contributed by atoms with Gasteiger partial charge in [0, 0.05) is 36.5 Å². The van der Waals surface area contributed by atoms with E-state index in [0.29, 0.717) is 11.2 Å². The smallest absolute Gasteiger partial charge is 0.250 e. The first-order valence-corrected chi connectivity index (χ1v) is 10.4. The second-order valence-corrected chi connectivity index (χ2v) is 9.07. The molecule has 0 saturated carbocycles. The number of para-hydroxylation sites is 1. The van der Waals surface area contributed by atoms with Gasteiger partial charge in [-0.2, -0.15) is 0 Å². The van der Waals surface area contributed by atoms with Crippen LogP contribution in [0.3, 0.4) is 0 Å². The highest BCUT2D eigenvalue weighted by Crippen LogP contribution is 2.25. The Balaban J connectivity index is 1.78. The van der Waals surface area contributed by atoms with E-state index in [9.17, 15) is 13.2 Å². The van der Waals surface area contributed by atoms with Crippen molar-refractivity contribution < 1.29 is 13.2 Å².